The molecule has 3 heterocycles. The first-order valence-electron chi connectivity index (χ1n) is 16.0. The third kappa shape index (κ3) is 4.96. The lowest BCUT2D eigenvalue weighted by Crippen LogP contribution is -2.50. The molecule has 0 bridgehead atoms. The zero-order chi connectivity index (χ0) is 33.3. The van der Waals surface area contributed by atoms with Crippen LogP contribution in [0.5, 0.6) is 0 Å². The molecule has 2 aromatic rings. The van der Waals surface area contributed by atoms with Crippen molar-refractivity contribution in [2.24, 2.45) is 5.41 Å². The van der Waals surface area contributed by atoms with E-state index in [1.807, 2.05) is 24.3 Å². The van der Waals surface area contributed by atoms with Gasteiger partial charge in [0.2, 0.25) is 0 Å². The fraction of sp³-hybridized carbons (Fsp3) is 0.417. The molecule has 0 radical (unpaired) electrons. The Morgan fingerprint density at radius 2 is 1.74 bits per heavy atom. The second-order valence-corrected chi connectivity index (χ2v) is 18.4. The van der Waals surface area contributed by atoms with Crippen molar-refractivity contribution in [3.63, 3.8) is 0 Å². The van der Waals surface area contributed by atoms with E-state index < -0.39 is 65.5 Å². The number of aromatic carboxylic acids is 1. The Labute approximate surface area is 268 Å². The Bertz CT molecular complexity index is 1810. The van der Waals surface area contributed by atoms with Gasteiger partial charge < -0.3 is 14.7 Å². The number of hydrogen-bond donors (Lipinski definition) is 1. The van der Waals surface area contributed by atoms with Gasteiger partial charge in [-0.25, -0.2) is 22.5 Å². The van der Waals surface area contributed by atoms with Crippen LogP contribution >= 0.6 is 0 Å². The number of rotatable bonds is 6. The molecule has 2 aromatic carbocycles. The van der Waals surface area contributed by atoms with E-state index in [1.165, 1.54) is 0 Å². The molecule has 1 N–H and O–H groups in total. The van der Waals surface area contributed by atoms with Gasteiger partial charge in [-0.2, -0.15) is 0 Å². The summed E-state index contributed by atoms with van der Waals surface area (Å²) < 4.78 is 57.0. The predicted octanol–water partition coefficient (Wildman–Crippen LogP) is 6.33. The molecule has 2 fully saturated rings. The Hall–Kier alpha value is -3.92. The summed E-state index contributed by atoms with van der Waals surface area (Å²) in [7, 11) is -2.50. The molecule has 4 aliphatic rings. The van der Waals surface area contributed by atoms with Gasteiger partial charge in [0.15, 0.2) is 17.3 Å². The van der Waals surface area contributed by atoms with Crippen molar-refractivity contribution in [1.82, 2.24) is 0 Å². The number of fused-ring (bicyclic) bond motifs is 2. The van der Waals surface area contributed by atoms with Gasteiger partial charge in [0.25, 0.3) is 0 Å². The van der Waals surface area contributed by atoms with Gasteiger partial charge in [-0.15, -0.1) is 0 Å². The second kappa shape index (κ2) is 11.4. The third-order valence-corrected chi connectivity index (χ3v) is 13.4. The predicted molar refractivity (Wildman–Crippen MR) is 175 cm³/mol. The average molecular weight is 650 g/mol. The third-order valence-electron chi connectivity index (χ3n) is 9.83. The molecule has 46 heavy (non-hydrogen) atoms. The highest BCUT2D eigenvalue weighted by atomic mass is 28.3. The molecule has 242 valence electrons. The van der Waals surface area contributed by atoms with Crippen LogP contribution in [-0.4, -0.2) is 68.2 Å². The van der Waals surface area contributed by atoms with Crippen molar-refractivity contribution in [1.29, 1.82) is 0 Å². The molecule has 6 rings (SSSR count). The van der Waals surface area contributed by atoms with Gasteiger partial charge in [0, 0.05) is 42.1 Å². The second-order valence-electron chi connectivity index (χ2n) is 14.1. The first kappa shape index (κ1) is 32.0. The zero-order valence-electron chi connectivity index (χ0n) is 27.2. The maximum absolute atomic E-state index is 17.3. The quantitative estimate of drug-likeness (QED) is 0.172. The highest BCUT2D eigenvalue weighted by Crippen LogP contribution is 2.47. The molecule has 0 aromatic heterocycles. The molecule has 0 saturated carbocycles. The van der Waals surface area contributed by atoms with E-state index in [1.54, 1.807) is 27.7 Å². The van der Waals surface area contributed by atoms with Crippen LogP contribution in [0.3, 0.4) is 0 Å². The molecule has 2 saturated heterocycles. The molecular formula is C36H40F3N2O4Si+. The van der Waals surface area contributed by atoms with Crippen LogP contribution in [0.2, 0.25) is 13.1 Å². The summed E-state index contributed by atoms with van der Waals surface area (Å²) in [5.41, 5.74) is -0.159. The highest BCUT2D eigenvalue weighted by molar-refractivity contribution is 6.98. The number of carbonyl (C=O) groups is 2. The van der Waals surface area contributed by atoms with Gasteiger partial charge >= 0.3 is 11.9 Å². The van der Waals surface area contributed by atoms with Crippen molar-refractivity contribution in [2.75, 3.05) is 37.7 Å². The summed E-state index contributed by atoms with van der Waals surface area (Å²) in [5, 5.41) is 12.3. The number of hydrogen-bond acceptors (Lipinski definition) is 4. The molecular weight excluding hydrogens is 609 g/mol. The summed E-state index contributed by atoms with van der Waals surface area (Å²) in [6.07, 6.45) is 8.06. The Balaban J connectivity index is 1.73. The van der Waals surface area contributed by atoms with Crippen molar-refractivity contribution < 1.29 is 37.2 Å². The van der Waals surface area contributed by atoms with Crippen LogP contribution in [-0.2, 0) is 9.53 Å². The lowest BCUT2D eigenvalue weighted by Gasteiger charge is -2.40. The van der Waals surface area contributed by atoms with Gasteiger partial charge in [-0.3, -0.25) is 4.79 Å². The standard InChI is InChI=1S/C36H39F3N2O4Si/c1-7-45-35(44)30(36(2,3)4)29-31(37)27(28(34(42)43)32(38)33(29)39)26-22-12-10-20(40-14-8-15-40)18-24(22)46(5,6)25-19-21(11-13-23(25)26)41-16-9-17-41/h10-13,18-19,30H,7-9,14-17H2,1-6H3/p+1. The van der Waals surface area contributed by atoms with Gasteiger partial charge in [-0.05, 0) is 64.1 Å². The summed E-state index contributed by atoms with van der Waals surface area (Å²) in [6, 6.07) is 5.89. The van der Waals surface area contributed by atoms with E-state index in [0.29, 0.717) is 11.1 Å². The van der Waals surface area contributed by atoms with Crippen LogP contribution in [0.1, 0.15) is 73.5 Å². The number of allylic oxidation sites excluding steroid dienone is 5. The summed E-state index contributed by atoms with van der Waals surface area (Å²) in [4.78, 5) is 28.3. The van der Waals surface area contributed by atoms with E-state index in [4.69, 9.17) is 4.74 Å². The number of anilines is 1. The van der Waals surface area contributed by atoms with E-state index in [2.05, 4.69) is 34.7 Å². The molecule has 0 amide bonds. The van der Waals surface area contributed by atoms with Gasteiger partial charge in [0.05, 0.1) is 18.9 Å². The molecule has 1 unspecified atom stereocenters. The summed E-state index contributed by atoms with van der Waals surface area (Å²) in [5.74, 6) is -8.92. The number of carboxylic acids is 1. The fourth-order valence-corrected chi connectivity index (χ4v) is 10.2. The normalized spacial score (nSPS) is 19.2. The Morgan fingerprint density at radius 3 is 2.28 bits per heavy atom. The summed E-state index contributed by atoms with van der Waals surface area (Å²) >= 11 is 0. The first-order valence-corrected chi connectivity index (χ1v) is 19.0. The average Bonchev–Trinajstić information content (AvgIpc) is 2.91. The monoisotopic (exact) mass is 649 g/mol. The van der Waals surface area contributed by atoms with E-state index in [0.717, 1.165) is 60.8 Å². The number of benzene rings is 2. The molecule has 0 spiro atoms. The molecule has 1 atom stereocenters. The maximum Gasteiger partial charge on any atom is 0.339 e. The maximum atomic E-state index is 17.3. The minimum atomic E-state index is -2.50. The van der Waals surface area contributed by atoms with E-state index >= 15 is 13.2 Å². The fourth-order valence-electron chi connectivity index (χ4n) is 7.13. The van der Waals surface area contributed by atoms with Crippen LogP contribution in [0.15, 0.2) is 47.2 Å². The number of ether oxygens (including phenoxy) is 1. The van der Waals surface area contributed by atoms with Crippen LogP contribution in [0.4, 0.5) is 18.9 Å². The largest absolute Gasteiger partial charge is 0.478 e. The van der Waals surface area contributed by atoms with Gasteiger partial charge in [0.1, 0.15) is 32.5 Å². The van der Waals surface area contributed by atoms with Gasteiger partial charge in [-0.1, -0.05) is 39.9 Å². The van der Waals surface area contributed by atoms with E-state index in [-0.39, 0.29) is 12.2 Å². The molecule has 6 nitrogen and oxygen atoms in total. The first-order chi connectivity index (χ1) is 21.7. The number of carboxylic acid groups (broad SMARTS) is 1. The van der Waals surface area contributed by atoms with Crippen LogP contribution < -0.4 is 10.1 Å². The highest BCUT2D eigenvalue weighted by Gasteiger charge is 2.46. The van der Waals surface area contributed by atoms with Crippen molar-refractivity contribution in [3.8, 4) is 0 Å². The molecule has 1 aliphatic carbocycles. The molecule has 10 heteroatoms. The number of nitrogens with zero attached hydrogens (tertiary/aromatic N) is 2. The minimum absolute atomic E-state index is 0.0479. The van der Waals surface area contributed by atoms with E-state index in [9.17, 15) is 14.7 Å². The topological polar surface area (TPSA) is 69.9 Å². The zero-order valence-corrected chi connectivity index (χ0v) is 28.2. The van der Waals surface area contributed by atoms with Crippen molar-refractivity contribution in [3.05, 3.63) is 86.9 Å². The van der Waals surface area contributed by atoms with Crippen molar-refractivity contribution in [2.45, 2.75) is 59.5 Å². The number of carbonyl (C=O) groups excluding carboxylic acids is 1. The van der Waals surface area contributed by atoms with Crippen molar-refractivity contribution >= 4 is 42.2 Å². The Morgan fingerprint density at radius 1 is 1.04 bits per heavy atom. The summed E-state index contributed by atoms with van der Waals surface area (Å²) in [6.45, 7) is 14.4. The molecule has 3 aliphatic heterocycles. The minimum Gasteiger partial charge on any atom is -0.478 e. The van der Waals surface area contributed by atoms with Crippen LogP contribution in [0, 0.1) is 22.9 Å². The SMILES string of the molecule is CCOC(=O)C(c1c(F)c(F)c(C(=O)O)c(C2=C3C=CC(=[N+]4CCC4)C=C3[Si](C)(C)c3cc(N4CCC4)ccc32)c1F)C(C)(C)C. The lowest BCUT2D eigenvalue weighted by molar-refractivity contribution is -0.582. The lowest BCUT2D eigenvalue weighted by atomic mass is 9.74. The number of esters is 1. The smallest absolute Gasteiger partial charge is 0.339 e. The van der Waals surface area contributed by atoms with Crippen LogP contribution in [0.25, 0.3) is 5.57 Å². The number of halogens is 3. The Kier molecular flexibility index (Phi) is 7.94.